The van der Waals surface area contributed by atoms with E-state index < -0.39 is 60.3 Å². The molecule has 302 valence electrons. The molecule has 4 aromatic rings. The molecule has 16 heteroatoms. The summed E-state index contributed by atoms with van der Waals surface area (Å²) in [6.07, 6.45) is 0.418. The number of nitrogens with zero attached hydrogens (tertiary/aromatic N) is 4. The van der Waals surface area contributed by atoms with Crippen LogP contribution in [0.25, 0.3) is 0 Å². The van der Waals surface area contributed by atoms with E-state index in [0.29, 0.717) is 0 Å². The van der Waals surface area contributed by atoms with Gasteiger partial charge in [0.15, 0.2) is 0 Å². The van der Waals surface area contributed by atoms with Crippen LogP contribution < -0.4 is 21.3 Å². The summed E-state index contributed by atoms with van der Waals surface area (Å²) >= 11 is 2.83. The Kier molecular flexibility index (Phi) is 16.8. The van der Waals surface area contributed by atoms with Crippen molar-refractivity contribution in [2.24, 2.45) is 11.8 Å². The van der Waals surface area contributed by atoms with E-state index in [2.05, 4.69) is 31.2 Å². The quantitative estimate of drug-likeness (QED) is 0.0826. The topological polar surface area (TPSA) is 189 Å². The zero-order valence-electron chi connectivity index (χ0n) is 32.7. The number of aliphatic hydroxyl groups excluding tert-OH is 2. The number of aromatic nitrogens is 2. The summed E-state index contributed by atoms with van der Waals surface area (Å²) in [7, 11) is 3.23. The van der Waals surface area contributed by atoms with Crippen molar-refractivity contribution >= 4 is 46.6 Å². The van der Waals surface area contributed by atoms with Crippen LogP contribution in [0.1, 0.15) is 48.8 Å². The Morgan fingerprint density at radius 3 is 1.27 bits per heavy atom. The molecule has 0 radical (unpaired) electrons. The number of hydrogen-bond acceptors (Lipinski definition) is 10. The largest absolute Gasteiger partial charge is 0.388 e. The van der Waals surface area contributed by atoms with E-state index in [9.17, 15) is 29.4 Å². The third-order valence-electron chi connectivity index (χ3n) is 9.29. The number of urea groups is 2. The van der Waals surface area contributed by atoms with Crippen LogP contribution in [0, 0.1) is 11.8 Å². The molecule has 0 spiro atoms. The van der Waals surface area contributed by atoms with Crippen LogP contribution in [0.4, 0.5) is 9.59 Å². The molecule has 2 heterocycles. The van der Waals surface area contributed by atoms with Gasteiger partial charge in [0.1, 0.15) is 34.3 Å². The van der Waals surface area contributed by atoms with Gasteiger partial charge in [-0.2, -0.15) is 0 Å². The van der Waals surface area contributed by atoms with Crippen LogP contribution in [0.3, 0.4) is 0 Å². The van der Waals surface area contributed by atoms with Crippen molar-refractivity contribution in [3.63, 3.8) is 0 Å². The first kappa shape index (κ1) is 43.8. The van der Waals surface area contributed by atoms with Crippen molar-refractivity contribution in [1.29, 1.82) is 0 Å². The lowest BCUT2D eigenvalue weighted by Gasteiger charge is -2.35. The Hall–Kier alpha value is -4.90. The number of amides is 6. The summed E-state index contributed by atoms with van der Waals surface area (Å²) in [5, 5.41) is 40.5. The van der Waals surface area contributed by atoms with Crippen LogP contribution in [0.2, 0.25) is 0 Å². The van der Waals surface area contributed by atoms with Gasteiger partial charge >= 0.3 is 12.1 Å². The standard InChI is InChI=1S/C40H54N8O6S2/c1-25(2)33(45-39(53)47(5)23-31-41-17-19-55-31)37(51)43-29(21-27-13-9-7-10-14-27)35(49)36(50)30(22-28-15-11-8-12-16-28)44-38(52)34(26(3)4)46-40(54)48(6)24-32-42-18-20-56-32/h7-20,25-26,29-30,33-36,49-50H,21-24H2,1-6H3,(H,43,51)(H,44,52)(H,45,53)(H,46,54)/t29-,30-,33-,34+,35+,36+/m0/s1. The van der Waals surface area contributed by atoms with Crippen LogP contribution in [-0.2, 0) is 35.5 Å². The van der Waals surface area contributed by atoms with E-state index in [-0.39, 0.29) is 37.8 Å². The number of nitrogens with one attached hydrogen (secondary N) is 4. The lowest BCUT2D eigenvalue weighted by molar-refractivity contribution is -0.129. The first-order chi connectivity index (χ1) is 26.7. The summed E-state index contributed by atoms with van der Waals surface area (Å²) in [5.41, 5.74) is 1.57. The number of thiazole rings is 2. The van der Waals surface area contributed by atoms with Gasteiger partial charge in [-0.1, -0.05) is 88.4 Å². The van der Waals surface area contributed by atoms with Gasteiger partial charge in [-0.3, -0.25) is 9.59 Å². The van der Waals surface area contributed by atoms with Gasteiger partial charge < -0.3 is 41.3 Å². The number of hydrogen-bond donors (Lipinski definition) is 6. The third-order valence-corrected chi connectivity index (χ3v) is 10.8. The van der Waals surface area contributed by atoms with Crippen molar-refractivity contribution in [2.45, 2.75) is 90.0 Å². The van der Waals surface area contributed by atoms with Crippen molar-refractivity contribution in [1.82, 2.24) is 41.0 Å². The van der Waals surface area contributed by atoms with Gasteiger partial charge in [-0.25, -0.2) is 19.6 Å². The number of benzene rings is 2. The predicted molar refractivity (Wildman–Crippen MR) is 218 cm³/mol. The van der Waals surface area contributed by atoms with Crippen LogP contribution in [0.5, 0.6) is 0 Å². The molecule has 2 aromatic heterocycles. The number of carbonyl (C=O) groups excluding carboxylic acids is 4. The Bertz CT molecular complexity index is 1670. The summed E-state index contributed by atoms with van der Waals surface area (Å²) < 4.78 is 0. The molecule has 14 nitrogen and oxygen atoms in total. The molecule has 0 fully saturated rings. The molecule has 6 N–H and O–H groups in total. The van der Waals surface area contributed by atoms with Crippen molar-refractivity contribution < 1.29 is 29.4 Å². The Morgan fingerprint density at radius 1 is 0.607 bits per heavy atom. The fourth-order valence-corrected chi connectivity index (χ4v) is 7.38. The molecule has 6 amide bonds. The van der Waals surface area contributed by atoms with Crippen LogP contribution in [0.15, 0.2) is 83.8 Å². The Balaban J connectivity index is 1.56. The Labute approximate surface area is 336 Å². The maximum absolute atomic E-state index is 14.0. The summed E-state index contributed by atoms with van der Waals surface area (Å²) in [6, 6.07) is 13.4. The maximum Gasteiger partial charge on any atom is 0.318 e. The highest BCUT2D eigenvalue weighted by atomic mass is 32.1. The fourth-order valence-electron chi connectivity index (χ4n) is 6.04. The molecule has 6 atom stereocenters. The van der Waals surface area contributed by atoms with Crippen LogP contribution in [-0.4, -0.2) is 104 Å². The van der Waals surface area contributed by atoms with Gasteiger partial charge in [0.2, 0.25) is 11.8 Å². The molecule has 0 aliphatic rings. The molecule has 0 unspecified atom stereocenters. The summed E-state index contributed by atoms with van der Waals surface area (Å²) in [6.45, 7) is 7.72. The molecule has 0 bridgehead atoms. The zero-order chi connectivity index (χ0) is 40.8. The highest BCUT2D eigenvalue weighted by Crippen LogP contribution is 2.17. The second kappa shape index (κ2) is 21.4. The lowest BCUT2D eigenvalue weighted by atomic mass is 9.90. The van der Waals surface area contributed by atoms with E-state index in [4.69, 9.17) is 0 Å². The van der Waals surface area contributed by atoms with Crippen molar-refractivity contribution in [2.75, 3.05) is 14.1 Å². The number of rotatable bonds is 19. The van der Waals surface area contributed by atoms with Gasteiger partial charge in [-0.05, 0) is 35.8 Å². The van der Waals surface area contributed by atoms with Crippen LogP contribution >= 0.6 is 22.7 Å². The van der Waals surface area contributed by atoms with Gasteiger partial charge in [0, 0.05) is 37.2 Å². The first-order valence-corrected chi connectivity index (χ1v) is 20.3. The molecule has 0 aliphatic heterocycles. The van der Waals surface area contributed by atoms with Crippen molar-refractivity contribution in [3.05, 3.63) is 105 Å². The maximum atomic E-state index is 14.0. The van der Waals surface area contributed by atoms with Gasteiger partial charge in [-0.15, -0.1) is 22.7 Å². The predicted octanol–water partition coefficient (Wildman–Crippen LogP) is 3.81. The lowest BCUT2D eigenvalue weighted by Crippen LogP contribution is -2.62. The fraction of sp³-hybridized carbons (Fsp3) is 0.450. The molecule has 0 aliphatic carbocycles. The summed E-state index contributed by atoms with van der Waals surface area (Å²) in [4.78, 5) is 65.7. The smallest absolute Gasteiger partial charge is 0.318 e. The minimum Gasteiger partial charge on any atom is -0.388 e. The molecule has 2 aromatic carbocycles. The minimum atomic E-state index is -1.58. The average molecular weight is 807 g/mol. The molecular formula is C40H54N8O6S2. The average Bonchev–Trinajstić information content (AvgIpc) is 3.90. The molecule has 0 saturated carbocycles. The Morgan fingerprint density at radius 2 is 0.964 bits per heavy atom. The van der Waals surface area contributed by atoms with Gasteiger partial charge in [0.25, 0.3) is 0 Å². The normalized spacial score (nSPS) is 14.5. The SMILES string of the molecule is CC(C)[C@H](NC(=O)N(C)Cc1nccs1)C(=O)N[C@@H](Cc1ccccc1)[C@@H](O)[C@H](O)[C@H](Cc1ccccc1)NC(=O)[C@H](NC(=O)N(C)Cc1nccs1)C(C)C. The molecule has 4 rings (SSSR count). The minimum absolute atomic E-state index is 0.135. The van der Waals surface area contributed by atoms with Gasteiger partial charge in [0.05, 0.1) is 25.2 Å². The zero-order valence-corrected chi connectivity index (χ0v) is 34.3. The molecule has 0 saturated heterocycles. The van der Waals surface area contributed by atoms with E-state index in [1.165, 1.54) is 32.5 Å². The van der Waals surface area contributed by atoms with E-state index in [0.717, 1.165) is 21.1 Å². The molecular weight excluding hydrogens is 753 g/mol. The number of carbonyl (C=O) groups is 4. The third kappa shape index (κ3) is 13.1. The highest BCUT2D eigenvalue weighted by Gasteiger charge is 2.38. The second-order valence-corrected chi connectivity index (χ2v) is 16.5. The van der Waals surface area contributed by atoms with Crippen molar-refractivity contribution in [3.8, 4) is 0 Å². The van der Waals surface area contributed by atoms with E-state index in [1.807, 2.05) is 71.4 Å². The first-order valence-electron chi connectivity index (χ1n) is 18.6. The van der Waals surface area contributed by atoms with E-state index in [1.54, 1.807) is 54.2 Å². The monoisotopic (exact) mass is 806 g/mol. The highest BCUT2D eigenvalue weighted by molar-refractivity contribution is 7.09. The molecule has 56 heavy (non-hydrogen) atoms. The van der Waals surface area contributed by atoms with E-state index >= 15 is 0 Å². The number of aliphatic hydroxyl groups is 2. The second-order valence-electron chi connectivity index (χ2n) is 14.5. The summed E-state index contributed by atoms with van der Waals surface area (Å²) in [5.74, 6) is -1.76.